The molecule has 2 aliphatic heterocycles. The number of alkyl halides is 1. The second-order valence-electron chi connectivity index (χ2n) is 6.92. The number of para-hydroxylation sites is 1. The summed E-state index contributed by atoms with van der Waals surface area (Å²) in [6.07, 6.45) is -1.30. The molecule has 2 fully saturated rings. The van der Waals surface area contributed by atoms with Gasteiger partial charge < -0.3 is 5.32 Å². The van der Waals surface area contributed by atoms with E-state index < -0.39 is 12.3 Å². The highest BCUT2D eigenvalue weighted by Crippen LogP contribution is 2.53. The maximum atomic E-state index is 13.1. The van der Waals surface area contributed by atoms with Gasteiger partial charge in [-0.25, -0.2) is 9.69 Å². The number of halogens is 4. The fraction of sp³-hybridized carbons (Fsp3) is 0.263. The van der Waals surface area contributed by atoms with Crippen molar-refractivity contribution in [2.45, 2.75) is 19.3 Å². The number of fused-ring (bicyclic) bond motifs is 1. The number of likely N-dealkylation sites (N-methyl/N-ethyl adjacent to an activating group) is 1. The number of hydrogen-bond acceptors (Lipinski definition) is 4. The number of rotatable bonds is 5. The highest BCUT2D eigenvalue weighted by molar-refractivity contribution is 6.37. The quantitative estimate of drug-likeness (QED) is 0.284. The molecule has 0 saturated carbocycles. The number of anilines is 1. The maximum absolute atomic E-state index is 13.1. The minimum absolute atomic E-state index is 0.100. The predicted molar refractivity (Wildman–Crippen MR) is 116 cm³/mol. The second kappa shape index (κ2) is 7.30. The predicted octanol–water partition coefficient (Wildman–Crippen LogP) is 5.09. The summed E-state index contributed by atoms with van der Waals surface area (Å²) in [5, 5.41) is 6.34. The number of nitrogens with zero attached hydrogens (tertiary/aromatic N) is 3. The first-order chi connectivity index (χ1) is 13.8. The van der Waals surface area contributed by atoms with Crippen molar-refractivity contribution in [2.75, 3.05) is 18.2 Å². The van der Waals surface area contributed by atoms with Crippen LogP contribution in [0.1, 0.15) is 5.56 Å². The highest BCUT2D eigenvalue weighted by atomic mass is 35.5. The van der Waals surface area contributed by atoms with Crippen LogP contribution in [0.4, 0.5) is 16.2 Å². The van der Waals surface area contributed by atoms with Gasteiger partial charge in [0.2, 0.25) is 0 Å². The molecular formula is C19H17Cl4N4O2+. The number of benzene rings is 2. The molecule has 3 amide bonds. The Bertz CT molecular complexity index is 1030. The molecule has 10 heteroatoms. The zero-order chi connectivity index (χ0) is 21.1. The Labute approximate surface area is 188 Å². The highest BCUT2D eigenvalue weighted by Gasteiger charge is 2.85. The van der Waals surface area contributed by atoms with E-state index in [4.69, 9.17) is 46.4 Å². The Kier molecular flexibility index (Phi) is 5.22. The number of carbonyl (C=O) groups excluding carboxylic acids is 2. The molecule has 2 saturated heterocycles. The first-order valence-corrected chi connectivity index (χ1v) is 10.5. The smallest absolute Gasteiger partial charge is 0.363 e. The van der Waals surface area contributed by atoms with Crippen LogP contribution in [-0.4, -0.2) is 47.1 Å². The fourth-order valence-electron chi connectivity index (χ4n) is 3.85. The van der Waals surface area contributed by atoms with Crippen LogP contribution in [0, 0.1) is 6.92 Å². The third kappa shape index (κ3) is 2.86. The molecule has 2 aromatic carbocycles. The van der Waals surface area contributed by atoms with E-state index in [0.29, 0.717) is 26.4 Å². The van der Waals surface area contributed by atoms with Crippen LogP contribution in [0.15, 0.2) is 36.4 Å². The molecule has 2 heterocycles. The van der Waals surface area contributed by atoms with Crippen molar-refractivity contribution < 1.29 is 9.59 Å². The van der Waals surface area contributed by atoms with Crippen molar-refractivity contribution in [1.29, 1.82) is 0 Å². The normalized spacial score (nSPS) is 26.5. The van der Waals surface area contributed by atoms with Crippen LogP contribution in [0.25, 0.3) is 0 Å². The van der Waals surface area contributed by atoms with Crippen LogP contribution in [0.2, 0.25) is 15.1 Å². The summed E-state index contributed by atoms with van der Waals surface area (Å²) >= 11 is 25.2. The topological polar surface area (TPSA) is 52.4 Å². The molecule has 6 nitrogen and oxygen atoms in total. The molecule has 2 aliphatic rings. The van der Waals surface area contributed by atoms with E-state index in [1.54, 1.807) is 48.3 Å². The molecular weight excluding hydrogens is 458 g/mol. The van der Waals surface area contributed by atoms with Gasteiger partial charge in [0.1, 0.15) is 11.2 Å². The molecule has 2 aromatic rings. The Morgan fingerprint density at radius 1 is 1.10 bits per heavy atom. The number of hydrogen-bond donors (Lipinski definition) is 1. The molecule has 0 aliphatic carbocycles. The summed E-state index contributed by atoms with van der Waals surface area (Å²) in [6.45, 7) is 1.81. The van der Waals surface area contributed by atoms with E-state index in [9.17, 15) is 9.59 Å². The molecule has 0 radical (unpaired) electrons. The van der Waals surface area contributed by atoms with E-state index in [2.05, 4.69) is 5.32 Å². The number of quaternary nitrogens is 1. The van der Waals surface area contributed by atoms with E-state index in [1.165, 1.54) is 7.05 Å². The first-order valence-electron chi connectivity index (χ1n) is 8.78. The molecule has 0 bridgehead atoms. The van der Waals surface area contributed by atoms with Crippen molar-refractivity contribution >= 4 is 69.7 Å². The molecule has 4 unspecified atom stereocenters. The molecule has 0 spiro atoms. The van der Waals surface area contributed by atoms with Crippen LogP contribution in [0.3, 0.4) is 0 Å². The number of amides is 3. The Hall–Kier alpha value is -1.54. The summed E-state index contributed by atoms with van der Waals surface area (Å²) in [5.41, 5.74) is 1.85. The average Bonchev–Trinajstić information content (AvgIpc) is 3.35. The van der Waals surface area contributed by atoms with Gasteiger partial charge in [0.05, 0.1) is 16.6 Å². The first kappa shape index (κ1) is 20.7. The van der Waals surface area contributed by atoms with Crippen molar-refractivity contribution in [3.63, 3.8) is 0 Å². The number of nitrogens with one attached hydrogen (secondary N) is 1. The standard InChI is InChI=1S/C19H17Cl4N4O2/c1-10-11(21)7-8-13(16(10)23)24-15(9-20)26-17-18(28)25(2)19(29)27(17,26)14-6-4-3-5-12(14)22/h3-8,15,17,24H,9H2,1-2H3/q+1. The van der Waals surface area contributed by atoms with Crippen molar-refractivity contribution in [2.24, 2.45) is 0 Å². The lowest BCUT2D eigenvalue weighted by Crippen LogP contribution is -2.49. The van der Waals surface area contributed by atoms with Crippen LogP contribution >= 0.6 is 46.4 Å². The summed E-state index contributed by atoms with van der Waals surface area (Å²) in [7, 11) is 1.47. The minimum Gasteiger partial charge on any atom is -0.363 e. The molecule has 29 heavy (non-hydrogen) atoms. The number of carbonyl (C=O) groups is 2. The van der Waals surface area contributed by atoms with Crippen molar-refractivity contribution in [3.8, 4) is 0 Å². The lowest BCUT2D eigenvalue weighted by molar-refractivity contribution is -0.126. The van der Waals surface area contributed by atoms with Gasteiger partial charge in [-0.2, -0.15) is 0 Å². The minimum atomic E-state index is -0.740. The lowest BCUT2D eigenvalue weighted by atomic mass is 10.2. The number of urea groups is 1. The van der Waals surface area contributed by atoms with E-state index in [0.717, 1.165) is 10.5 Å². The molecule has 4 rings (SSSR count). The van der Waals surface area contributed by atoms with Crippen LogP contribution in [0.5, 0.6) is 0 Å². The van der Waals surface area contributed by atoms with Crippen LogP contribution < -0.4 is 9.91 Å². The summed E-state index contributed by atoms with van der Waals surface area (Å²) in [4.78, 5) is 27.0. The van der Waals surface area contributed by atoms with Gasteiger partial charge in [-0.15, -0.1) is 11.6 Å². The maximum Gasteiger partial charge on any atom is 0.452 e. The van der Waals surface area contributed by atoms with Gasteiger partial charge in [0, 0.05) is 18.1 Å². The zero-order valence-corrected chi connectivity index (χ0v) is 18.5. The van der Waals surface area contributed by atoms with Gasteiger partial charge in [0.25, 0.3) is 0 Å². The Morgan fingerprint density at radius 2 is 1.79 bits per heavy atom. The molecule has 0 aromatic heterocycles. The SMILES string of the molecule is Cc1c(Cl)ccc(NC(CCl)N2C3C(=O)N(C)C(=O)[N+]32c2ccccc2Cl)c1Cl. The largest absolute Gasteiger partial charge is 0.452 e. The van der Waals surface area contributed by atoms with Gasteiger partial charge in [-0.3, -0.25) is 4.79 Å². The summed E-state index contributed by atoms with van der Waals surface area (Å²) < 4.78 is -0.330. The zero-order valence-electron chi connectivity index (χ0n) is 15.5. The third-order valence-corrected chi connectivity index (χ3v) is 6.88. The Morgan fingerprint density at radius 3 is 2.45 bits per heavy atom. The van der Waals surface area contributed by atoms with Gasteiger partial charge >= 0.3 is 18.1 Å². The van der Waals surface area contributed by atoms with Gasteiger partial charge in [0.15, 0.2) is 5.69 Å². The third-order valence-electron chi connectivity index (χ3n) is 5.37. The van der Waals surface area contributed by atoms with Crippen molar-refractivity contribution in [3.05, 3.63) is 57.0 Å². The van der Waals surface area contributed by atoms with Crippen LogP contribution in [-0.2, 0) is 4.79 Å². The van der Waals surface area contributed by atoms with Crippen molar-refractivity contribution in [1.82, 2.24) is 14.5 Å². The number of imide groups is 1. The average molecular weight is 475 g/mol. The van der Waals surface area contributed by atoms with Gasteiger partial charge in [-0.05, 0) is 35.7 Å². The van der Waals surface area contributed by atoms with Gasteiger partial charge in [-0.1, -0.05) is 51.5 Å². The molecule has 1 N–H and O–H groups in total. The van der Waals surface area contributed by atoms with E-state index >= 15 is 0 Å². The molecule has 152 valence electrons. The monoisotopic (exact) mass is 473 g/mol. The molecule has 4 atom stereocenters. The Balaban J connectivity index is 1.76. The summed E-state index contributed by atoms with van der Waals surface area (Å²) in [6, 6.07) is 10.1. The second-order valence-corrected chi connectivity index (χ2v) is 8.42. The lowest BCUT2D eigenvalue weighted by Gasteiger charge is -2.24. The van der Waals surface area contributed by atoms with E-state index in [-0.39, 0.29) is 22.4 Å². The fourth-order valence-corrected chi connectivity index (χ4v) is 4.76. The summed E-state index contributed by atoms with van der Waals surface area (Å²) in [5.74, 6) is -0.214. The van der Waals surface area contributed by atoms with E-state index in [1.807, 2.05) is 0 Å².